The average Bonchev–Trinajstić information content (AvgIpc) is 3.16. The molecule has 0 bridgehead atoms. The number of nitrogens with zero attached hydrogens (tertiary/aromatic N) is 5. The fraction of sp³-hybridized carbons (Fsp3) is 0.333. The van der Waals surface area contributed by atoms with Gasteiger partial charge in [0.05, 0.1) is 13.7 Å². The Balaban J connectivity index is 1.23. The Morgan fingerprint density at radius 3 is 2.26 bits per heavy atom. The molecule has 39 heavy (non-hydrogen) atoms. The Hall–Kier alpha value is -4.40. The van der Waals surface area contributed by atoms with E-state index in [0.717, 1.165) is 22.5 Å². The molecule has 2 aromatic carbocycles. The molecule has 0 saturated carbocycles. The molecule has 9 nitrogen and oxygen atoms in total. The number of methoxy groups -OCH3 is 1. The number of aromatic nitrogens is 1. The van der Waals surface area contributed by atoms with E-state index in [9.17, 15) is 14.4 Å². The van der Waals surface area contributed by atoms with Gasteiger partial charge in [0.2, 0.25) is 0 Å². The molecule has 0 N–H and O–H groups in total. The molecule has 0 radical (unpaired) electrons. The Morgan fingerprint density at radius 1 is 0.974 bits per heavy atom. The third-order valence-corrected chi connectivity index (χ3v) is 7.39. The number of hydrogen-bond acceptors (Lipinski definition) is 6. The highest BCUT2D eigenvalue weighted by atomic mass is 16.5. The molecule has 2 saturated heterocycles. The molecule has 5 rings (SSSR count). The monoisotopic (exact) mass is 527 g/mol. The van der Waals surface area contributed by atoms with E-state index in [2.05, 4.69) is 22.9 Å². The molecule has 0 spiro atoms. The molecule has 202 valence electrons. The van der Waals surface area contributed by atoms with Crippen molar-refractivity contribution in [2.45, 2.75) is 33.4 Å². The number of carbonyl (C=O) groups is 3. The van der Waals surface area contributed by atoms with Crippen LogP contribution in [0.5, 0.6) is 5.75 Å². The van der Waals surface area contributed by atoms with Gasteiger partial charge >= 0.3 is 6.03 Å². The van der Waals surface area contributed by atoms with Crippen LogP contribution in [0.1, 0.15) is 34.0 Å². The van der Waals surface area contributed by atoms with Crippen LogP contribution in [0, 0.1) is 13.8 Å². The van der Waals surface area contributed by atoms with E-state index in [1.165, 1.54) is 9.80 Å². The van der Waals surface area contributed by atoms with Crippen LogP contribution in [0.25, 0.3) is 0 Å². The lowest BCUT2D eigenvalue weighted by atomic mass is 10.1. The Kier molecular flexibility index (Phi) is 7.24. The topological polar surface area (TPSA) is 86.3 Å². The highest BCUT2D eigenvalue weighted by Crippen LogP contribution is 2.28. The smallest absolute Gasteiger partial charge is 0.332 e. The van der Waals surface area contributed by atoms with E-state index in [4.69, 9.17) is 4.74 Å². The molecule has 2 aliphatic rings. The van der Waals surface area contributed by atoms with E-state index in [-0.39, 0.29) is 24.4 Å². The van der Waals surface area contributed by atoms with Gasteiger partial charge in [0.25, 0.3) is 11.8 Å². The molecular formula is C30H33N5O4. The molecule has 2 fully saturated rings. The van der Waals surface area contributed by atoms with Gasteiger partial charge in [0, 0.05) is 43.6 Å². The zero-order valence-corrected chi connectivity index (χ0v) is 22.8. The van der Waals surface area contributed by atoms with E-state index < -0.39 is 6.04 Å². The van der Waals surface area contributed by atoms with Gasteiger partial charge in [-0.3, -0.25) is 19.4 Å². The molecule has 2 aliphatic heterocycles. The first kappa shape index (κ1) is 26.2. The summed E-state index contributed by atoms with van der Waals surface area (Å²) in [5, 5.41) is 0. The molecule has 3 heterocycles. The highest BCUT2D eigenvalue weighted by Gasteiger charge is 2.43. The first-order chi connectivity index (χ1) is 18.8. The Morgan fingerprint density at radius 2 is 1.64 bits per heavy atom. The first-order valence-electron chi connectivity index (χ1n) is 13.1. The number of aryl methyl sites for hydroxylation is 2. The van der Waals surface area contributed by atoms with Crippen LogP contribution in [0.2, 0.25) is 0 Å². The summed E-state index contributed by atoms with van der Waals surface area (Å²) in [6.07, 6.45) is 1.87. The number of carbonyl (C=O) groups excluding carboxylic acids is 3. The summed E-state index contributed by atoms with van der Waals surface area (Å²) in [6.45, 7) is 8.63. The van der Waals surface area contributed by atoms with Crippen molar-refractivity contribution in [2.24, 2.45) is 0 Å². The fourth-order valence-electron chi connectivity index (χ4n) is 5.23. The average molecular weight is 528 g/mol. The maximum Gasteiger partial charge on any atom is 0.332 e. The van der Waals surface area contributed by atoms with Crippen LogP contribution in [0.4, 0.5) is 16.3 Å². The SMILES string of the molecule is COc1ccc(CN2C(=O)C(C)N(c3ccc(C(=O)N4CCN(c5ncc(C)cc5C)CC4)cc3)C2=O)cc1. The molecule has 3 aromatic rings. The van der Waals surface area contributed by atoms with Crippen LogP contribution in [0.3, 0.4) is 0 Å². The number of piperazine rings is 1. The van der Waals surface area contributed by atoms with Crippen molar-refractivity contribution in [3.8, 4) is 5.75 Å². The van der Waals surface area contributed by atoms with Gasteiger partial charge < -0.3 is 14.5 Å². The van der Waals surface area contributed by atoms with Crippen LogP contribution >= 0.6 is 0 Å². The van der Waals surface area contributed by atoms with Gasteiger partial charge in [-0.05, 0) is 73.9 Å². The minimum atomic E-state index is -0.635. The lowest BCUT2D eigenvalue weighted by molar-refractivity contribution is -0.127. The van der Waals surface area contributed by atoms with Crippen molar-refractivity contribution >= 4 is 29.4 Å². The van der Waals surface area contributed by atoms with Crippen LogP contribution in [-0.4, -0.2) is 72.0 Å². The summed E-state index contributed by atoms with van der Waals surface area (Å²) < 4.78 is 5.18. The standard InChI is InChI=1S/C30H33N5O4/c1-20-17-21(2)27(31-18-20)32-13-15-33(16-14-32)29(37)24-7-9-25(10-8-24)35-22(3)28(36)34(30(35)38)19-23-5-11-26(39-4)12-6-23/h5-12,17-18,22H,13-16,19H2,1-4H3. The normalized spacial score (nSPS) is 17.7. The molecular weight excluding hydrogens is 494 g/mol. The summed E-state index contributed by atoms with van der Waals surface area (Å²) in [7, 11) is 1.59. The lowest BCUT2D eigenvalue weighted by Gasteiger charge is -2.36. The molecule has 1 atom stereocenters. The zero-order chi connectivity index (χ0) is 27.7. The predicted octanol–water partition coefficient (Wildman–Crippen LogP) is 4.03. The molecule has 4 amide bonds. The molecule has 1 aromatic heterocycles. The number of hydrogen-bond donors (Lipinski definition) is 0. The number of imide groups is 1. The number of pyridine rings is 1. The highest BCUT2D eigenvalue weighted by molar-refractivity contribution is 6.14. The van der Waals surface area contributed by atoms with Crippen molar-refractivity contribution in [1.29, 1.82) is 0 Å². The number of benzene rings is 2. The van der Waals surface area contributed by atoms with Crippen LogP contribution < -0.4 is 14.5 Å². The van der Waals surface area contributed by atoms with Crippen molar-refractivity contribution in [1.82, 2.24) is 14.8 Å². The number of urea groups is 1. The minimum absolute atomic E-state index is 0.0483. The van der Waals surface area contributed by atoms with Crippen molar-refractivity contribution < 1.29 is 19.1 Å². The number of ether oxygens (including phenoxy) is 1. The van der Waals surface area contributed by atoms with Crippen molar-refractivity contribution in [3.63, 3.8) is 0 Å². The van der Waals surface area contributed by atoms with Crippen LogP contribution in [-0.2, 0) is 11.3 Å². The van der Waals surface area contributed by atoms with Crippen molar-refractivity contribution in [3.05, 3.63) is 83.0 Å². The molecule has 9 heteroatoms. The lowest BCUT2D eigenvalue weighted by Crippen LogP contribution is -2.49. The van der Waals surface area contributed by atoms with Gasteiger partial charge in [0.15, 0.2) is 0 Å². The second-order valence-corrected chi connectivity index (χ2v) is 10.1. The maximum absolute atomic E-state index is 13.2. The second kappa shape index (κ2) is 10.8. The summed E-state index contributed by atoms with van der Waals surface area (Å²) in [5.74, 6) is 1.37. The quantitative estimate of drug-likeness (QED) is 0.450. The summed E-state index contributed by atoms with van der Waals surface area (Å²) in [4.78, 5) is 50.8. The van der Waals surface area contributed by atoms with E-state index in [1.807, 2.05) is 30.2 Å². The third kappa shape index (κ3) is 5.16. The number of amides is 4. The summed E-state index contributed by atoms with van der Waals surface area (Å²) in [6, 6.07) is 15.3. The van der Waals surface area contributed by atoms with Gasteiger partial charge in [-0.2, -0.15) is 0 Å². The largest absolute Gasteiger partial charge is 0.497 e. The third-order valence-electron chi connectivity index (χ3n) is 7.39. The Labute approximate surface area is 228 Å². The van der Waals surface area contributed by atoms with E-state index in [0.29, 0.717) is 43.2 Å². The summed E-state index contributed by atoms with van der Waals surface area (Å²) in [5.41, 5.74) is 4.24. The van der Waals surface area contributed by atoms with Crippen molar-refractivity contribution in [2.75, 3.05) is 43.1 Å². The first-order valence-corrected chi connectivity index (χ1v) is 13.1. The molecule has 1 unspecified atom stereocenters. The minimum Gasteiger partial charge on any atom is -0.497 e. The second-order valence-electron chi connectivity index (χ2n) is 10.1. The van der Waals surface area contributed by atoms with E-state index >= 15 is 0 Å². The van der Waals surface area contributed by atoms with Gasteiger partial charge in [0.1, 0.15) is 17.6 Å². The van der Waals surface area contributed by atoms with E-state index in [1.54, 1.807) is 50.4 Å². The summed E-state index contributed by atoms with van der Waals surface area (Å²) >= 11 is 0. The fourth-order valence-corrected chi connectivity index (χ4v) is 5.23. The van der Waals surface area contributed by atoms with Gasteiger partial charge in [-0.1, -0.05) is 18.2 Å². The molecule has 0 aliphatic carbocycles. The van der Waals surface area contributed by atoms with Crippen LogP contribution in [0.15, 0.2) is 60.8 Å². The van der Waals surface area contributed by atoms with Gasteiger partial charge in [-0.25, -0.2) is 9.78 Å². The number of anilines is 2. The maximum atomic E-state index is 13.2. The Bertz CT molecular complexity index is 1380. The zero-order valence-electron chi connectivity index (χ0n) is 22.8. The predicted molar refractivity (Wildman–Crippen MR) is 149 cm³/mol. The van der Waals surface area contributed by atoms with Gasteiger partial charge in [-0.15, -0.1) is 0 Å². The number of rotatable bonds is 6.